The standard InChI is InChI=1S/C14H18O4/c1-17-14(16)13(15)10-5-4-8-12(9-10)18-11-6-2-3-7-11/h4-5,8-9,11,13,15H,2-3,6-7H2,1H3. The van der Waals surface area contributed by atoms with E-state index in [-0.39, 0.29) is 6.10 Å². The van der Waals surface area contributed by atoms with Gasteiger partial charge in [0.25, 0.3) is 0 Å². The number of ether oxygens (including phenoxy) is 2. The number of aliphatic hydroxyl groups excluding tert-OH is 1. The second-order valence-electron chi connectivity index (χ2n) is 4.52. The lowest BCUT2D eigenvalue weighted by Gasteiger charge is -2.15. The van der Waals surface area contributed by atoms with Gasteiger partial charge in [0, 0.05) is 0 Å². The second kappa shape index (κ2) is 5.87. The molecule has 0 saturated heterocycles. The molecule has 4 heteroatoms. The van der Waals surface area contributed by atoms with Crippen LogP contribution in [0.25, 0.3) is 0 Å². The molecule has 1 aromatic carbocycles. The molecule has 1 saturated carbocycles. The van der Waals surface area contributed by atoms with E-state index in [0.29, 0.717) is 11.3 Å². The average molecular weight is 250 g/mol. The fraction of sp³-hybridized carbons (Fsp3) is 0.500. The first-order valence-electron chi connectivity index (χ1n) is 6.23. The van der Waals surface area contributed by atoms with E-state index in [1.165, 1.54) is 20.0 Å². The molecule has 1 atom stereocenters. The van der Waals surface area contributed by atoms with Crippen molar-refractivity contribution in [3.05, 3.63) is 29.8 Å². The number of esters is 1. The molecule has 1 N–H and O–H groups in total. The van der Waals surface area contributed by atoms with E-state index in [1.54, 1.807) is 18.2 Å². The molecule has 1 fully saturated rings. The van der Waals surface area contributed by atoms with Gasteiger partial charge >= 0.3 is 5.97 Å². The van der Waals surface area contributed by atoms with Crippen LogP contribution in [-0.4, -0.2) is 24.3 Å². The Balaban J connectivity index is 2.06. The topological polar surface area (TPSA) is 55.8 Å². The third-order valence-electron chi connectivity index (χ3n) is 3.20. The highest BCUT2D eigenvalue weighted by Crippen LogP contribution is 2.26. The van der Waals surface area contributed by atoms with E-state index < -0.39 is 12.1 Å². The summed E-state index contributed by atoms with van der Waals surface area (Å²) in [7, 11) is 1.25. The highest BCUT2D eigenvalue weighted by atomic mass is 16.5. The van der Waals surface area contributed by atoms with Crippen molar-refractivity contribution in [2.45, 2.75) is 37.9 Å². The molecule has 0 bridgehead atoms. The molecule has 2 rings (SSSR count). The Morgan fingerprint density at radius 1 is 1.39 bits per heavy atom. The Bertz CT molecular complexity index is 410. The fourth-order valence-electron chi connectivity index (χ4n) is 2.20. The Morgan fingerprint density at radius 3 is 2.78 bits per heavy atom. The van der Waals surface area contributed by atoms with E-state index in [0.717, 1.165) is 12.8 Å². The summed E-state index contributed by atoms with van der Waals surface area (Å²) in [6.07, 6.45) is 3.57. The van der Waals surface area contributed by atoms with Crippen molar-refractivity contribution in [2.75, 3.05) is 7.11 Å². The SMILES string of the molecule is COC(=O)C(O)c1cccc(OC2CCCC2)c1. The Morgan fingerprint density at radius 2 is 2.11 bits per heavy atom. The minimum Gasteiger partial charge on any atom is -0.490 e. The van der Waals surface area contributed by atoms with Crippen LogP contribution < -0.4 is 4.74 Å². The lowest BCUT2D eigenvalue weighted by Crippen LogP contribution is -2.14. The van der Waals surface area contributed by atoms with Crippen LogP contribution in [-0.2, 0) is 9.53 Å². The Hall–Kier alpha value is -1.55. The third-order valence-corrected chi connectivity index (χ3v) is 3.20. The molecular formula is C14H18O4. The predicted molar refractivity (Wildman–Crippen MR) is 66.3 cm³/mol. The monoisotopic (exact) mass is 250 g/mol. The first-order valence-corrected chi connectivity index (χ1v) is 6.23. The predicted octanol–water partition coefficient (Wildman–Crippen LogP) is 2.21. The molecule has 0 spiro atoms. The maximum atomic E-state index is 11.3. The quantitative estimate of drug-likeness (QED) is 0.832. The van der Waals surface area contributed by atoms with Crippen LogP contribution in [0.1, 0.15) is 37.4 Å². The minimum absolute atomic E-state index is 0.260. The van der Waals surface area contributed by atoms with Gasteiger partial charge < -0.3 is 14.6 Å². The molecule has 0 aliphatic heterocycles. The van der Waals surface area contributed by atoms with Crippen molar-refractivity contribution in [3.8, 4) is 5.75 Å². The summed E-state index contributed by atoms with van der Waals surface area (Å²) in [6, 6.07) is 6.99. The van der Waals surface area contributed by atoms with Gasteiger partial charge in [-0.3, -0.25) is 0 Å². The molecule has 0 radical (unpaired) electrons. The summed E-state index contributed by atoms with van der Waals surface area (Å²) >= 11 is 0. The molecular weight excluding hydrogens is 232 g/mol. The van der Waals surface area contributed by atoms with Crippen molar-refractivity contribution in [3.63, 3.8) is 0 Å². The number of carbonyl (C=O) groups excluding carboxylic acids is 1. The van der Waals surface area contributed by atoms with Crippen LogP contribution in [0.3, 0.4) is 0 Å². The fourth-order valence-corrected chi connectivity index (χ4v) is 2.20. The summed E-state index contributed by atoms with van der Waals surface area (Å²) in [5.74, 6) is 0.0374. The Kier molecular flexibility index (Phi) is 4.20. The minimum atomic E-state index is -1.25. The summed E-state index contributed by atoms with van der Waals surface area (Å²) in [5, 5.41) is 9.74. The van der Waals surface area contributed by atoms with Crippen LogP contribution in [0.5, 0.6) is 5.75 Å². The van der Waals surface area contributed by atoms with Gasteiger partial charge in [-0.1, -0.05) is 12.1 Å². The van der Waals surface area contributed by atoms with Gasteiger partial charge in [0.2, 0.25) is 0 Å². The molecule has 4 nitrogen and oxygen atoms in total. The van der Waals surface area contributed by atoms with Crippen molar-refractivity contribution in [2.24, 2.45) is 0 Å². The van der Waals surface area contributed by atoms with Gasteiger partial charge in [-0.15, -0.1) is 0 Å². The van der Waals surface area contributed by atoms with E-state index in [4.69, 9.17) is 4.74 Å². The van der Waals surface area contributed by atoms with Gasteiger partial charge in [-0.05, 0) is 43.4 Å². The Labute approximate surface area is 107 Å². The smallest absolute Gasteiger partial charge is 0.339 e. The van der Waals surface area contributed by atoms with E-state index in [9.17, 15) is 9.90 Å². The average Bonchev–Trinajstić information content (AvgIpc) is 2.90. The van der Waals surface area contributed by atoms with Crippen LogP contribution in [0, 0.1) is 0 Å². The molecule has 1 unspecified atom stereocenters. The van der Waals surface area contributed by atoms with Gasteiger partial charge in [0.1, 0.15) is 5.75 Å². The van der Waals surface area contributed by atoms with Crippen LogP contribution in [0.4, 0.5) is 0 Å². The summed E-state index contributed by atoms with van der Waals surface area (Å²) in [5.41, 5.74) is 0.498. The normalized spacial score (nSPS) is 17.4. The van der Waals surface area contributed by atoms with E-state index in [1.807, 2.05) is 6.07 Å². The maximum absolute atomic E-state index is 11.3. The summed E-state index contributed by atoms with van der Waals surface area (Å²) < 4.78 is 10.3. The van der Waals surface area contributed by atoms with Crippen LogP contribution in [0.15, 0.2) is 24.3 Å². The number of methoxy groups -OCH3 is 1. The van der Waals surface area contributed by atoms with Gasteiger partial charge in [-0.2, -0.15) is 0 Å². The van der Waals surface area contributed by atoms with Gasteiger partial charge in [0.05, 0.1) is 13.2 Å². The number of benzene rings is 1. The lowest BCUT2D eigenvalue weighted by molar-refractivity contribution is -0.150. The number of aliphatic hydroxyl groups is 1. The molecule has 98 valence electrons. The van der Waals surface area contributed by atoms with Crippen LogP contribution >= 0.6 is 0 Å². The van der Waals surface area contributed by atoms with E-state index in [2.05, 4.69) is 4.74 Å². The summed E-state index contributed by atoms with van der Waals surface area (Å²) in [6.45, 7) is 0. The van der Waals surface area contributed by atoms with Gasteiger partial charge in [-0.25, -0.2) is 4.79 Å². The first-order chi connectivity index (χ1) is 8.70. The maximum Gasteiger partial charge on any atom is 0.339 e. The third kappa shape index (κ3) is 3.01. The molecule has 1 aliphatic rings. The second-order valence-corrected chi connectivity index (χ2v) is 4.52. The zero-order chi connectivity index (χ0) is 13.0. The number of hydrogen-bond donors (Lipinski definition) is 1. The largest absolute Gasteiger partial charge is 0.490 e. The summed E-state index contributed by atoms with van der Waals surface area (Å²) in [4.78, 5) is 11.3. The number of rotatable bonds is 4. The number of carbonyl (C=O) groups is 1. The highest BCUT2D eigenvalue weighted by molar-refractivity contribution is 5.76. The zero-order valence-corrected chi connectivity index (χ0v) is 10.5. The molecule has 0 amide bonds. The number of hydrogen-bond acceptors (Lipinski definition) is 4. The van der Waals surface area contributed by atoms with Crippen molar-refractivity contribution in [1.82, 2.24) is 0 Å². The van der Waals surface area contributed by atoms with E-state index >= 15 is 0 Å². The van der Waals surface area contributed by atoms with Gasteiger partial charge in [0.15, 0.2) is 6.10 Å². The molecule has 18 heavy (non-hydrogen) atoms. The van der Waals surface area contributed by atoms with Crippen molar-refractivity contribution < 1.29 is 19.4 Å². The molecule has 1 aliphatic carbocycles. The highest BCUT2D eigenvalue weighted by Gasteiger charge is 2.20. The molecule has 1 aromatic rings. The van der Waals surface area contributed by atoms with Crippen LogP contribution in [0.2, 0.25) is 0 Å². The van der Waals surface area contributed by atoms with Crippen molar-refractivity contribution >= 4 is 5.97 Å². The molecule has 0 heterocycles. The molecule has 0 aromatic heterocycles. The lowest BCUT2D eigenvalue weighted by atomic mass is 10.1. The zero-order valence-electron chi connectivity index (χ0n) is 10.5. The van der Waals surface area contributed by atoms with Crippen molar-refractivity contribution in [1.29, 1.82) is 0 Å². The first kappa shape index (κ1) is 12.9.